The zero-order valence-corrected chi connectivity index (χ0v) is 18.3. The largest absolute Gasteiger partial charge is 0.471 e. The second-order valence-corrected chi connectivity index (χ2v) is 7.77. The van der Waals surface area contributed by atoms with E-state index in [4.69, 9.17) is 39.5 Å². The van der Waals surface area contributed by atoms with E-state index >= 15 is 0 Å². The summed E-state index contributed by atoms with van der Waals surface area (Å²) in [5.74, 6) is 0.610. The molecule has 0 atom stereocenters. The third kappa shape index (κ3) is 5.38. The van der Waals surface area contributed by atoms with Gasteiger partial charge < -0.3 is 10.1 Å². The number of nitrogens with one attached hydrogen (secondary N) is 1. The molecule has 0 aliphatic heterocycles. The average Bonchev–Trinajstić information content (AvgIpc) is 3.39. The first-order chi connectivity index (χ1) is 15.0. The number of rotatable bonds is 7. The van der Waals surface area contributed by atoms with Crippen LogP contribution in [0.25, 0.3) is 0 Å². The fourth-order valence-corrected chi connectivity index (χ4v) is 3.49. The molecule has 4 aromatic rings. The molecular weight excluding hydrogens is 461 g/mol. The SMILES string of the molecule is O=C(Nc1ccn(Cc2c(Cl)cccc2Cl)n1)c1ccn(COc2cccc(Cl)c2)n1. The number of amides is 1. The van der Waals surface area contributed by atoms with E-state index in [9.17, 15) is 4.79 Å². The molecule has 0 unspecified atom stereocenters. The molecule has 0 saturated heterocycles. The molecule has 7 nitrogen and oxygen atoms in total. The number of anilines is 1. The summed E-state index contributed by atoms with van der Waals surface area (Å²) in [5.41, 5.74) is 0.989. The van der Waals surface area contributed by atoms with Gasteiger partial charge in [-0.15, -0.1) is 0 Å². The lowest BCUT2D eigenvalue weighted by molar-refractivity contribution is 0.101. The van der Waals surface area contributed by atoms with Crippen LogP contribution in [-0.4, -0.2) is 25.5 Å². The molecule has 0 saturated carbocycles. The normalized spacial score (nSPS) is 10.8. The topological polar surface area (TPSA) is 74.0 Å². The zero-order chi connectivity index (χ0) is 21.8. The van der Waals surface area contributed by atoms with E-state index in [1.807, 2.05) is 0 Å². The van der Waals surface area contributed by atoms with E-state index in [1.54, 1.807) is 71.7 Å². The fourth-order valence-electron chi connectivity index (χ4n) is 2.79. The van der Waals surface area contributed by atoms with Crippen molar-refractivity contribution in [1.82, 2.24) is 19.6 Å². The Morgan fingerprint density at radius 3 is 2.45 bits per heavy atom. The minimum absolute atomic E-state index is 0.140. The summed E-state index contributed by atoms with van der Waals surface area (Å²) in [6.45, 7) is 0.519. The number of carbonyl (C=O) groups excluding carboxylic acids is 1. The van der Waals surface area contributed by atoms with Crippen LogP contribution in [0.4, 0.5) is 5.82 Å². The highest BCUT2D eigenvalue weighted by atomic mass is 35.5. The van der Waals surface area contributed by atoms with Crippen LogP contribution >= 0.6 is 34.8 Å². The van der Waals surface area contributed by atoms with Gasteiger partial charge in [-0.1, -0.05) is 46.9 Å². The van der Waals surface area contributed by atoms with Crippen molar-refractivity contribution < 1.29 is 9.53 Å². The maximum absolute atomic E-state index is 12.5. The van der Waals surface area contributed by atoms with Gasteiger partial charge in [0.25, 0.3) is 5.91 Å². The molecule has 2 heterocycles. The molecule has 31 heavy (non-hydrogen) atoms. The van der Waals surface area contributed by atoms with Crippen LogP contribution in [0, 0.1) is 0 Å². The van der Waals surface area contributed by atoms with E-state index in [-0.39, 0.29) is 18.3 Å². The Hall–Kier alpha value is -3.00. The number of halogens is 3. The van der Waals surface area contributed by atoms with Crippen LogP contribution in [0.2, 0.25) is 15.1 Å². The summed E-state index contributed by atoms with van der Waals surface area (Å²) >= 11 is 18.3. The summed E-state index contributed by atoms with van der Waals surface area (Å²) in [6.07, 6.45) is 3.38. The van der Waals surface area contributed by atoms with Crippen molar-refractivity contribution >= 4 is 46.5 Å². The number of carbonyl (C=O) groups is 1. The molecule has 10 heteroatoms. The first-order valence-electron chi connectivity index (χ1n) is 9.17. The molecule has 0 aliphatic carbocycles. The number of benzene rings is 2. The Balaban J connectivity index is 1.36. The van der Waals surface area contributed by atoms with Crippen molar-refractivity contribution in [1.29, 1.82) is 0 Å². The summed E-state index contributed by atoms with van der Waals surface area (Å²) < 4.78 is 8.76. The third-order valence-electron chi connectivity index (χ3n) is 4.30. The highest BCUT2D eigenvalue weighted by Crippen LogP contribution is 2.25. The molecule has 2 aromatic heterocycles. The average molecular weight is 477 g/mol. The number of aromatic nitrogens is 4. The monoisotopic (exact) mass is 475 g/mol. The zero-order valence-electron chi connectivity index (χ0n) is 16.0. The molecule has 1 amide bonds. The van der Waals surface area contributed by atoms with Gasteiger partial charge in [0, 0.05) is 39.1 Å². The molecule has 1 N–H and O–H groups in total. The minimum atomic E-state index is -0.387. The van der Waals surface area contributed by atoms with Gasteiger partial charge in [-0.3, -0.25) is 9.48 Å². The van der Waals surface area contributed by atoms with Gasteiger partial charge in [0.1, 0.15) is 5.75 Å². The minimum Gasteiger partial charge on any atom is -0.471 e. The van der Waals surface area contributed by atoms with Crippen LogP contribution in [0.1, 0.15) is 16.1 Å². The maximum atomic E-state index is 12.5. The van der Waals surface area contributed by atoms with E-state index in [2.05, 4.69) is 15.5 Å². The maximum Gasteiger partial charge on any atom is 0.277 e. The van der Waals surface area contributed by atoms with Gasteiger partial charge in [-0.05, 0) is 36.4 Å². The second kappa shape index (κ2) is 9.43. The third-order valence-corrected chi connectivity index (χ3v) is 5.24. The Kier molecular flexibility index (Phi) is 6.46. The summed E-state index contributed by atoms with van der Waals surface area (Å²) in [6, 6.07) is 15.6. The Morgan fingerprint density at radius 1 is 0.935 bits per heavy atom. The molecule has 0 bridgehead atoms. The molecule has 0 spiro atoms. The van der Waals surface area contributed by atoms with Crippen LogP contribution in [0.5, 0.6) is 5.75 Å². The van der Waals surface area contributed by atoms with E-state index in [0.717, 1.165) is 5.56 Å². The molecule has 0 radical (unpaired) electrons. The Labute approximate surface area is 193 Å². The Bertz CT molecular complexity index is 1200. The van der Waals surface area contributed by atoms with Crippen molar-refractivity contribution in [3.63, 3.8) is 0 Å². The predicted octanol–water partition coefficient (Wildman–Crippen LogP) is 5.38. The van der Waals surface area contributed by atoms with Crippen molar-refractivity contribution in [2.24, 2.45) is 0 Å². The molecule has 0 fully saturated rings. The standard InChI is InChI=1S/C21H16Cl3N5O2/c22-14-3-1-4-15(11-14)31-13-29-9-7-19(26-29)21(30)25-20-8-10-28(27-20)12-16-17(23)5-2-6-18(16)24/h1-11H,12-13H2,(H,25,27,30). The van der Waals surface area contributed by atoms with Crippen molar-refractivity contribution in [3.8, 4) is 5.75 Å². The van der Waals surface area contributed by atoms with E-state index in [1.165, 1.54) is 4.68 Å². The van der Waals surface area contributed by atoms with E-state index < -0.39 is 0 Å². The van der Waals surface area contributed by atoms with Gasteiger partial charge in [-0.25, -0.2) is 4.68 Å². The molecule has 0 aliphatic rings. The Morgan fingerprint density at radius 2 is 1.68 bits per heavy atom. The van der Waals surface area contributed by atoms with Gasteiger partial charge >= 0.3 is 0 Å². The van der Waals surface area contributed by atoms with Gasteiger partial charge in [-0.2, -0.15) is 10.2 Å². The van der Waals surface area contributed by atoms with Gasteiger partial charge in [0.2, 0.25) is 0 Å². The van der Waals surface area contributed by atoms with E-state index in [0.29, 0.717) is 33.2 Å². The smallest absolute Gasteiger partial charge is 0.277 e. The van der Waals surface area contributed by atoms with Crippen molar-refractivity contribution in [2.75, 3.05) is 5.32 Å². The highest BCUT2D eigenvalue weighted by molar-refractivity contribution is 6.36. The van der Waals surface area contributed by atoms with Gasteiger partial charge in [0.05, 0.1) is 6.54 Å². The number of hydrogen-bond donors (Lipinski definition) is 1. The van der Waals surface area contributed by atoms with Crippen LogP contribution in [0.15, 0.2) is 67.0 Å². The summed E-state index contributed by atoms with van der Waals surface area (Å²) in [4.78, 5) is 12.5. The lowest BCUT2D eigenvalue weighted by atomic mass is 10.2. The lowest BCUT2D eigenvalue weighted by Gasteiger charge is -2.07. The first-order valence-corrected chi connectivity index (χ1v) is 10.3. The second-order valence-electron chi connectivity index (χ2n) is 6.52. The highest BCUT2D eigenvalue weighted by Gasteiger charge is 2.13. The van der Waals surface area contributed by atoms with Gasteiger partial charge in [0.15, 0.2) is 18.2 Å². The molecule has 158 valence electrons. The quantitative estimate of drug-likeness (QED) is 0.389. The summed E-state index contributed by atoms with van der Waals surface area (Å²) in [7, 11) is 0. The van der Waals surface area contributed by atoms with Crippen LogP contribution in [0.3, 0.4) is 0 Å². The molecule has 4 rings (SSSR count). The number of nitrogens with zero attached hydrogens (tertiary/aromatic N) is 4. The fraction of sp³-hybridized carbons (Fsp3) is 0.0952. The number of hydrogen-bond acceptors (Lipinski definition) is 4. The lowest BCUT2D eigenvalue weighted by Crippen LogP contribution is -2.15. The predicted molar refractivity (Wildman–Crippen MR) is 120 cm³/mol. The van der Waals surface area contributed by atoms with Crippen molar-refractivity contribution in [2.45, 2.75) is 13.3 Å². The molecule has 2 aromatic carbocycles. The van der Waals surface area contributed by atoms with Crippen LogP contribution < -0.4 is 10.1 Å². The molecular formula is C21H16Cl3N5O2. The van der Waals surface area contributed by atoms with Crippen molar-refractivity contribution in [3.05, 3.63) is 93.3 Å². The van der Waals surface area contributed by atoms with Crippen LogP contribution in [-0.2, 0) is 13.3 Å². The first kappa shape index (κ1) is 21.2. The summed E-state index contributed by atoms with van der Waals surface area (Å²) in [5, 5.41) is 13.0. The number of ether oxygens (including phenoxy) is 1.